The second kappa shape index (κ2) is 7.61. The van der Waals surface area contributed by atoms with Crippen molar-refractivity contribution in [2.45, 2.75) is 37.8 Å². The van der Waals surface area contributed by atoms with Gasteiger partial charge in [-0.1, -0.05) is 30.4 Å². The molecule has 1 aliphatic heterocycles. The number of nitrogens with one attached hydrogen (secondary N) is 1. The Labute approximate surface area is 175 Å². The van der Waals surface area contributed by atoms with Crippen LogP contribution in [0.1, 0.15) is 30.1 Å². The molecule has 12 heteroatoms. The molecule has 156 valence electrons. The van der Waals surface area contributed by atoms with Crippen LogP contribution in [0.3, 0.4) is 0 Å². The van der Waals surface area contributed by atoms with Gasteiger partial charge in [-0.25, -0.2) is 18.2 Å². The van der Waals surface area contributed by atoms with Crippen LogP contribution >= 0.6 is 11.3 Å². The predicted octanol–water partition coefficient (Wildman–Crippen LogP) is 0.884. The summed E-state index contributed by atoms with van der Waals surface area (Å²) in [5, 5.41) is 4.94. The summed E-state index contributed by atoms with van der Waals surface area (Å²) in [6, 6.07) is 6.66. The van der Waals surface area contributed by atoms with Gasteiger partial charge in [-0.15, -0.1) is 0 Å². The number of benzene rings is 1. The van der Waals surface area contributed by atoms with Crippen LogP contribution in [0, 0.1) is 0 Å². The van der Waals surface area contributed by atoms with Gasteiger partial charge in [0, 0.05) is 11.6 Å². The Morgan fingerprint density at radius 2 is 2.13 bits per heavy atom. The first kappa shape index (κ1) is 20.2. The van der Waals surface area contributed by atoms with E-state index in [2.05, 4.69) is 19.8 Å². The molecule has 2 aromatic heterocycles. The second-order valence-corrected chi connectivity index (χ2v) is 9.18. The van der Waals surface area contributed by atoms with Gasteiger partial charge in [0.15, 0.2) is 0 Å². The fourth-order valence-electron chi connectivity index (χ4n) is 2.85. The van der Waals surface area contributed by atoms with E-state index in [4.69, 9.17) is 4.74 Å². The third-order valence-electron chi connectivity index (χ3n) is 4.33. The van der Waals surface area contributed by atoms with Gasteiger partial charge in [0.25, 0.3) is 15.6 Å². The standard InChI is InChI=1S/C18H17N5O5S2/c1-3-14-21-23-15(24)8-11(20-18(23)29-14)9-28-17(25)10(2)19-16-12-6-4-5-7-13(12)30(26,27)22-16/h4-8,10H,3,9H2,1-2H3,(H,19,22). The number of esters is 1. The third-order valence-corrected chi connectivity index (χ3v) is 6.78. The summed E-state index contributed by atoms with van der Waals surface area (Å²) in [7, 11) is -3.69. The quantitative estimate of drug-likeness (QED) is 0.574. The molecule has 3 aromatic rings. The van der Waals surface area contributed by atoms with Crippen molar-refractivity contribution in [1.29, 1.82) is 0 Å². The topological polar surface area (TPSA) is 132 Å². The average molecular weight is 447 g/mol. The Bertz CT molecular complexity index is 1340. The number of ether oxygens (including phenoxy) is 1. The van der Waals surface area contributed by atoms with Crippen molar-refractivity contribution >= 4 is 38.1 Å². The lowest BCUT2D eigenvalue weighted by Gasteiger charge is -2.09. The minimum absolute atomic E-state index is 0.0876. The molecule has 30 heavy (non-hydrogen) atoms. The highest BCUT2D eigenvalue weighted by molar-refractivity contribution is 7.90. The summed E-state index contributed by atoms with van der Waals surface area (Å²) in [5.74, 6) is -0.587. The molecule has 0 saturated heterocycles. The number of rotatable bonds is 5. The van der Waals surface area contributed by atoms with E-state index in [0.29, 0.717) is 22.6 Å². The van der Waals surface area contributed by atoms with Crippen LogP contribution < -0.4 is 10.3 Å². The van der Waals surface area contributed by atoms with Gasteiger partial charge in [0.05, 0.1) is 10.6 Å². The molecular formula is C18H17N5O5S2. The van der Waals surface area contributed by atoms with Gasteiger partial charge < -0.3 is 4.74 Å². The van der Waals surface area contributed by atoms with Gasteiger partial charge in [-0.2, -0.15) is 9.61 Å². The number of sulfonamides is 1. The number of aromatic nitrogens is 3. The van der Waals surface area contributed by atoms with E-state index < -0.39 is 22.0 Å². The summed E-state index contributed by atoms with van der Waals surface area (Å²) < 4.78 is 33.1. The maximum atomic E-state index is 12.3. The van der Waals surface area contributed by atoms with Crippen LogP contribution in [-0.4, -0.2) is 40.9 Å². The molecule has 10 nitrogen and oxygen atoms in total. The molecule has 1 atom stereocenters. The first-order valence-corrected chi connectivity index (χ1v) is 11.3. The van der Waals surface area contributed by atoms with Crippen molar-refractivity contribution in [3.05, 3.63) is 57.0 Å². The van der Waals surface area contributed by atoms with Crippen LogP contribution in [0.4, 0.5) is 0 Å². The van der Waals surface area contributed by atoms with Crippen molar-refractivity contribution < 1.29 is 17.9 Å². The van der Waals surface area contributed by atoms with E-state index in [9.17, 15) is 18.0 Å². The number of hydrogen-bond donors (Lipinski definition) is 1. The molecule has 0 aliphatic carbocycles. The van der Waals surface area contributed by atoms with Crippen LogP contribution in [0.25, 0.3) is 4.96 Å². The monoisotopic (exact) mass is 447 g/mol. The zero-order valence-electron chi connectivity index (χ0n) is 16.0. The van der Waals surface area contributed by atoms with Gasteiger partial charge in [0.1, 0.15) is 23.5 Å². The lowest BCUT2D eigenvalue weighted by atomic mass is 10.2. The van der Waals surface area contributed by atoms with Crippen molar-refractivity contribution in [1.82, 2.24) is 19.3 Å². The molecule has 0 bridgehead atoms. The number of hydrogen-bond acceptors (Lipinski definition) is 9. The van der Waals surface area contributed by atoms with E-state index in [0.717, 1.165) is 5.01 Å². The van der Waals surface area contributed by atoms with E-state index >= 15 is 0 Å². The summed E-state index contributed by atoms with van der Waals surface area (Å²) >= 11 is 1.29. The SMILES string of the molecule is CCc1nn2c(=O)cc(COC(=O)C(C)N=C3NS(=O)(=O)c4ccccc43)nc2s1. The Balaban J connectivity index is 1.49. The van der Waals surface area contributed by atoms with Crippen molar-refractivity contribution in [2.75, 3.05) is 0 Å². The van der Waals surface area contributed by atoms with E-state index in [-0.39, 0.29) is 22.9 Å². The summed E-state index contributed by atoms with van der Waals surface area (Å²) in [6.07, 6.45) is 0.683. The van der Waals surface area contributed by atoms with Crippen LogP contribution in [-0.2, 0) is 32.6 Å². The number of nitrogens with zero attached hydrogens (tertiary/aromatic N) is 4. The fourth-order valence-corrected chi connectivity index (χ4v) is 4.95. The predicted molar refractivity (Wildman–Crippen MR) is 109 cm³/mol. The first-order chi connectivity index (χ1) is 14.3. The molecule has 1 aliphatic rings. The van der Waals surface area contributed by atoms with Crippen molar-refractivity contribution in [2.24, 2.45) is 4.99 Å². The largest absolute Gasteiger partial charge is 0.458 e. The highest BCUT2D eigenvalue weighted by atomic mass is 32.2. The maximum Gasteiger partial charge on any atom is 0.331 e. The number of aryl methyl sites for hydroxylation is 1. The fraction of sp³-hybridized carbons (Fsp3) is 0.278. The van der Waals surface area contributed by atoms with Crippen molar-refractivity contribution in [3.8, 4) is 0 Å². The molecule has 4 rings (SSSR count). The highest BCUT2D eigenvalue weighted by Crippen LogP contribution is 2.22. The van der Waals surface area contributed by atoms with Crippen molar-refractivity contribution in [3.63, 3.8) is 0 Å². The Kier molecular flexibility index (Phi) is 5.12. The Hall–Kier alpha value is -3.12. The van der Waals surface area contributed by atoms with Gasteiger partial charge in [0.2, 0.25) is 4.96 Å². The smallest absolute Gasteiger partial charge is 0.331 e. The third kappa shape index (κ3) is 3.71. The molecule has 0 saturated carbocycles. The lowest BCUT2D eigenvalue weighted by Crippen LogP contribution is -2.27. The number of aliphatic imine (C=N–C) groups is 1. The van der Waals surface area contributed by atoms with Crippen LogP contribution in [0.2, 0.25) is 0 Å². The molecular weight excluding hydrogens is 430 g/mol. The summed E-state index contributed by atoms with van der Waals surface area (Å²) in [6.45, 7) is 3.21. The van der Waals surface area contributed by atoms with Gasteiger partial charge in [-0.05, 0) is 25.5 Å². The second-order valence-electron chi connectivity index (χ2n) is 6.49. The Morgan fingerprint density at radius 3 is 2.90 bits per heavy atom. The molecule has 3 heterocycles. The maximum absolute atomic E-state index is 12.3. The minimum Gasteiger partial charge on any atom is -0.458 e. The van der Waals surface area contributed by atoms with E-state index in [1.54, 1.807) is 18.2 Å². The molecule has 0 radical (unpaired) electrons. The van der Waals surface area contributed by atoms with Gasteiger partial charge >= 0.3 is 5.97 Å². The molecule has 1 aromatic carbocycles. The molecule has 0 spiro atoms. The zero-order chi connectivity index (χ0) is 21.5. The average Bonchev–Trinajstić information content (AvgIpc) is 3.25. The molecule has 1 unspecified atom stereocenters. The minimum atomic E-state index is -3.69. The van der Waals surface area contributed by atoms with E-state index in [1.807, 2.05) is 6.92 Å². The van der Waals surface area contributed by atoms with Gasteiger partial charge in [-0.3, -0.25) is 14.5 Å². The van der Waals surface area contributed by atoms with Crippen LogP contribution in [0.5, 0.6) is 0 Å². The molecule has 0 fully saturated rings. The van der Waals surface area contributed by atoms with E-state index in [1.165, 1.54) is 34.9 Å². The van der Waals surface area contributed by atoms with Crippen LogP contribution in [0.15, 0.2) is 45.0 Å². The summed E-state index contributed by atoms with van der Waals surface area (Å²) in [4.78, 5) is 33.5. The molecule has 0 amide bonds. The number of fused-ring (bicyclic) bond motifs is 2. The Morgan fingerprint density at radius 1 is 1.37 bits per heavy atom. The first-order valence-electron chi connectivity index (χ1n) is 9.04. The normalized spacial score (nSPS) is 16.9. The number of amidine groups is 1. The zero-order valence-corrected chi connectivity index (χ0v) is 17.7. The summed E-state index contributed by atoms with van der Waals surface area (Å²) in [5.41, 5.74) is 0.341. The lowest BCUT2D eigenvalue weighted by molar-refractivity contribution is -0.146. The highest BCUT2D eigenvalue weighted by Gasteiger charge is 2.31. The number of carbonyl (C=O) groups is 1. The number of carbonyl (C=O) groups excluding carboxylic acids is 1. The molecule has 1 N–H and O–H groups in total.